The minimum atomic E-state index is -0.947. The predicted octanol–water partition coefficient (Wildman–Crippen LogP) is 2.44. The second kappa shape index (κ2) is 5.54. The Hall–Kier alpha value is -2.33. The highest BCUT2D eigenvalue weighted by Crippen LogP contribution is 2.27. The molecule has 0 aliphatic rings. The van der Waals surface area contributed by atoms with Crippen LogP contribution in [0.1, 0.15) is 27.5 Å². The maximum Gasteiger partial charge on any atom is 0.335 e. The maximum atomic E-state index is 10.8. The van der Waals surface area contributed by atoms with Crippen molar-refractivity contribution in [1.82, 2.24) is 0 Å². The van der Waals surface area contributed by atoms with Crippen LogP contribution in [0.3, 0.4) is 0 Å². The standard InChI is InChI=1S/C15H15NO3/c1-19-13-5-3-2-4-12(13)14(16)10-6-8-11(9-7-10)15(17)18/h2-9,14H,16H2,1H3,(H,17,18). The van der Waals surface area contributed by atoms with Gasteiger partial charge in [-0.25, -0.2) is 4.79 Å². The van der Waals surface area contributed by atoms with Crippen molar-refractivity contribution in [1.29, 1.82) is 0 Å². The third kappa shape index (κ3) is 2.74. The molecule has 0 fully saturated rings. The van der Waals surface area contributed by atoms with E-state index in [1.54, 1.807) is 31.4 Å². The van der Waals surface area contributed by atoms with E-state index in [1.165, 1.54) is 0 Å². The van der Waals surface area contributed by atoms with E-state index in [9.17, 15) is 4.79 Å². The van der Waals surface area contributed by atoms with Gasteiger partial charge in [0.2, 0.25) is 0 Å². The number of hydrogen-bond acceptors (Lipinski definition) is 3. The fourth-order valence-electron chi connectivity index (χ4n) is 1.94. The third-order valence-electron chi connectivity index (χ3n) is 2.99. The number of carboxylic acid groups (broad SMARTS) is 1. The topological polar surface area (TPSA) is 72.5 Å². The Bertz CT molecular complexity index is 578. The smallest absolute Gasteiger partial charge is 0.335 e. The third-order valence-corrected chi connectivity index (χ3v) is 2.99. The zero-order valence-corrected chi connectivity index (χ0v) is 10.5. The lowest BCUT2D eigenvalue weighted by atomic mass is 9.98. The molecule has 4 nitrogen and oxygen atoms in total. The zero-order valence-electron chi connectivity index (χ0n) is 10.5. The van der Waals surface area contributed by atoms with Gasteiger partial charge in [0, 0.05) is 5.56 Å². The van der Waals surface area contributed by atoms with Crippen molar-refractivity contribution in [2.24, 2.45) is 5.73 Å². The van der Waals surface area contributed by atoms with Crippen LogP contribution < -0.4 is 10.5 Å². The van der Waals surface area contributed by atoms with E-state index in [0.29, 0.717) is 0 Å². The van der Waals surface area contributed by atoms with E-state index < -0.39 is 5.97 Å². The van der Waals surface area contributed by atoms with Crippen LogP contribution in [-0.4, -0.2) is 18.2 Å². The molecule has 2 rings (SSSR count). The zero-order chi connectivity index (χ0) is 13.8. The van der Waals surface area contributed by atoms with Gasteiger partial charge in [0.05, 0.1) is 18.7 Å². The van der Waals surface area contributed by atoms with Gasteiger partial charge in [0.15, 0.2) is 0 Å². The lowest BCUT2D eigenvalue weighted by molar-refractivity contribution is 0.0697. The van der Waals surface area contributed by atoms with Crippen LogP contribution in [0.15, 0.2) is 48.5 Å². The predicted molar refractivity (Wildman–Crippen MR) is 72.4 cm³/mol. The first-order valence-corrected chi connectivity index (χ1v) is 5.85. The van der Waals surface area contributed by atoms with Gasteiger partial charge in [-0.2, -0.15) is 0 Å². The number of rotatable bonds is 4. The van der Waals surface area contributed by atoms with E-state index in [2.05, 4.69) is 0 Å². The highest BCUT2D eigenvalue weighted by Gasteiger charge is 2.14. The van der Waals surface area contributed by atoms with Gasteiger partial charge in [-0.1, -0.05) is 30.3 Å². The van der Waals surface area contributed by atoms with Crippen molar-refractivity contribution in [3.05, 3.63) is 65.2 Å². The SMILES string of the molecule is COc1ccccc1C(N)c1ccc(C(=O)O)cc1. The van der Waals surface area contributed by atoms with Crippen LogP contribution in [0.2, 0.25) is 0 Å². The summed E-state index contributed by atoms with van der Waals surface area (Å²) in [7, 11) is 1.60. The number of benzene rings is 2. The van der Waals surface area contributed by atoms with E-state index in [0.717, 1.165) is 16.9 Å². The van der Waals surface area contributed by atoms with Gasteiger partial charge >= 0.3 is 5.97 Å². The molecule has 4 heteroatoms. The second-order valence-corrected chi connectivity index (χ2v) is 4.15. The molecule has 2 aromatic carbocycles. The summed E-state index contributed by atoms with van der Waals surface area (Å²) in [5.41, 5.74) is 8.15. The maximum absolute atomic E-state index is 10.8. The lowest BCUT2D eigenvalue weighted by Gasteiger charge is -2.16. The van der Waals surface area contributed by atoms with Crippen LogP contribution in [-0.2, 0) is 0 Å². The van der Waals surface area contributed by atoms with Crippen molar-refractivity contribution in [2.75, 3.05) is 7.11 Å². The molecule has 0 aliphatic heterocycles. The van der Waals surface area contributed by atoms with Crippen molar-refractivity contribution in [2.45, 2.75) is 6.04 Å². The Morgan fingerprint density at radius 1 is 1.16 bits per heavy atom. The first-order valence-electron chi connectivity index (χ1n) is 5.85. The molecule has 0 aliphatic carbocycles. The van der Waals surface area contributed by atoms with Gasteiger partial charge in [-0.15, -0.1) is 0 Å². The molecular formula is C15H15NO3. The molecule has 0 heterocycles. The van der Waals surface area contributed by atoms with Crippen molar-refractivity contribution >= 4 is 5.97 Å². The summed E-state index contributed by atoms with van der Waals surface area (Å²) in [5.74, 6) is -0.227. The van der Waals surface area contributed by atoms with Gasteiger partial charge in [-0.05, 0) is 23.8 Å². The monoisotopic (exact) mass is 257 g/mol. The number of hydrogen-bond donors (Lipinski definition) is 2. The highest BCUT2D eigenvalue weighted by atomic mass is 16.5. The summed E-state index contributed by atoms with van der Waals surface area (Å²) < 4.78 is 5.28. The highest BCUT2D eigenvalue weighted by molar-refractivity contribution is 5.87. The molecule has 0 saturated heterocycles. The largest absolute Gasteiger partial charge is 0.496 e. The van der Waals surface area contributed by atoms with Crippen LogP contribution in [0, 0.1) is 0 Å². The Morgan fingerprint density at radius 2 is 1.79 bits per heavy atom. The number of ether oxygens (including phenoxy) is 1. The minimum absolute atomic E-state index is 0.246. The summed E-state index contributed by atoms with van der Waals surface area (Å²) >= 11 is 0. The van der Waals surface area contributed by atoms with Crippen molar-refractivity contribution < 1.29 is 14.6 Å². The quantitative estimate of drug-likeness (QED) is 0.882. The molecule has 98 valence electrons. The second-order valence-electron chi connectivity index (χ2n) is 4.15. The van der Waals surface area contributed by atoms with E-state index in [4.69, 9.17) is 15.6 Å². The van der Waals surface area contributed by atoms with E-state index in [-0.39, 0.29) is 11.6 Å². The van der Waals surface area contributed by atoms with E-state index >= 15 is 0 Å². The average Bonchev–Trinajstić information content (AvgIpc) is 2.46. The van der Waals surface area contributed by atoms with Crippen LogP contribution in [0.5, 0.6) is 5.75 Å². The molecule has 0 radical (unpaired) electrons. The van der Waals surface area contributed by atoms with E-state index in [1.807, 2.05) is 24.3 Å². The number of aromatic carboxylic acids is 1. The Kier molecular flexibility index (Phi) is 3.82. The average molecular weight is 257 g/mol. The number of nitrogens with two attached hydrogens (primary N) is 1. The number of para-hydroxylation sites is 1. The van der Waals surface area contributed by atoms with Gasteiger partial charge in [0.1, 0.15) is 5.75 Å². The lowest BCUT2D eigenvalue weighted by Crippen LogP contribution is -2.13. The Balaban J connectivity index is 2.33. The number of carbonyl (C=O) groups is 1. The summed E-state index contributed by atoms with van der Waals surface area (Å²) in [5, 5.41) is 8.86. The van der Waals surface area contributed by atoms with Crippen molar-refractivity contribution in [3.63, 3.8) is 0 Å². The number of methoxy groups -OCH3 is 1. The summed E-state index contributed by atoms with van der Waals surface area (Å²) in [4.78, 5) is 10.8. The summed E-state index contributed by atoms with van der Waals surface area (Å²) in [6.45, 7) is 0. The molecule has 1 atom stereocenters. The molecule has 1 unspecified atom stereocenters. The summed E-state index contributed by atoms with van der Waals surface area (Å²) in [6, 6.07) is 13.7. The first-order chi connectivity index (χ1) is 9.13. The van der Waals surface area contributed by atoms with Gasteiger partial charge < -0.3 is 15.6 Å². The fraction of sp³-hybridized carbons (Fsp3) is 0.133. The molecule has 0 bridgehead atoms. The molecule has 0 saturated carbocycles. The minimum Gasteiger partial charge on any atom is -0.496 e. The molecule has 0 aromatic heterocycles. The van der Waals surface area contributed by atoms with Crippen LogP contribution in [0.25, 0.3) is 0 Å². The molecule has 0 amide bonds. The molecule has 0 spiro atoms. The Labute approximate surface area is 111 Å². The van der Waals surface area contributed by atoms with Crippen LogP contribution in [0.4, 0.5) is 0 Å². The molecule has 3 N–H and O–H groups in total. The molecule has 19 heavy (non-hydrogen) atoms. The molecular weight excluding hydrogens is 242 g/mol. The number of carboxylic acids is 1. The first kappa shape index (κ1) is 13.1. The van der Waals surface area contributed by atoms with Crippen LogP contribution >= 0.6 is 0 Å². The van der Waals surface area contributed by atoms with Gasteiger partial charge in [0.25, 0.3) is 0 Å². The normalized spacial score (nSPS) is 11.9. The Morgan fingerprint density at radius 3 is 2.37 bits per heavy atom. The fourth-order valence-corrected chi connectivity index (χ4v) is 1.94. The molecule has 2 aromatic rings. The van der Waals surface area contributed by atoms with Crippen molar-refractivity contribution in [3.8, 4) is 5.75 Å². The van der Waals surface area contributed by atoms with Gasteiger partial charge in [-0.3, -0.25) is 0 Å². The summed E-state index contributed by atoms with van der Waals surface area (Å²) in [6.07, 6.45) is 0.